The Labute approximate surface area is 165 Å². The van der Waals surface area contributed by atoms with Gasteiger partial charge in [0.15, 0.2) is 0 Å². The molecule has 0 unspecified atom stereocenters. The number of nitrogens with zero attached hydrogens (tertiary/aromatic N) is 2. The second-order valence-electron chi connectivity index (χ2n) is 5.85. The number of benzene rings is 1. The molecule has 28 heavy (non-hydrogen) atoms. The number of rotatable bonds is 7. The predicted molar refractivity (Wildman–Crippen MR) is 101 cm³/mol. The maximum Gasteiger partial charge on any atom is 0.416 e. The number of aromatic nitrogens is 1. The van der Waals surface area contributed by atoms with E-state index in [1.807, 2.05) is 6.92 Å². The van der Waals surface area contributed by atoms with Gasteiger partial charge in [0, 0.05) is 31.9 Å². The number of nitrogens with one attached hydrogen (secondary N) is 1. The summed E-state index contributed by atoms with van der Waals surface area (Å²) in [6, 6.07) is 7.59. The van der Waals surface area contributed by atoms with Crippen molar-refractivity contribution < 1.29 is 22.8 Å². The van der Waals surface area contributed by atoms with Gasteiger partial charge in [-0.1, -0.05) is 13.0 Å². The molecule has 150 valence electrons. The van der Waals surface area contributed by atoms with Crippen LogP contribution in [0, 0.1) is 0 Å². The van der Waals surface area contributed by atoms with Crippen LogP contribution in [0.3, 0.4) is 0 Å². The van der Waals surface area contributed by atoms with Crippen LogP contribution in [0.1, 0.15) is 33.2 Å². The second-order valence-corrected chi connectivity index (χ2v) is 7.10. The van der Waals surface area contributed by atoms with E-state index >= 15 is 0 Å². The lowest BCUT2D eigenvalue weighted by atomic mass is 10.1. The van der Waals surface area contributed by atoms with Crippen LogP contribution in [-0.4, -0.2) is 47.6 Å². The maximum atomic E-state index is 12.8. The van der Waals surface area contributed by atoms with Gasteiger partial charge in [-0.3, -0.25) is 9.59 Å². The van der Waals surface area contributed by atoms with Crippen LogP contribution in [0.25, 0.3) is 0 Å². The fourth-order valence-electron chi connectivity index (χ4n) is 2.40. The zero-order valence-corrected chi connectivity index (χ0v) is 16.2. The van der Waals surface area contributed by atoms with Gasteiger partial charge in [0.05, 0.1) is 11.1 Å². The summed E-state index contributed by atoms with van der Waals surface area (Å²) in [6.07, 6.45) is -2.91. The Bertz CT molecular complexity index is 843. The number of alkyl halides is 3. The number of hydrogen-bond acceptors (Lipinski definition) is 4. The van der Waals surface area contributed by atoms with Crippen LogP contribution in [0.15, 0.2) is 47.6 Å². The molecule has 1 aromatic carbocycles. The van der Waals surface area contributed by atoms with E-state index in [-0.39, 0.29) is 24.6 Å². The van der Waals surface area contributed by atoms with Gasteiger partial charge in [0.2, 0.25) is 0 Å². The summed E-state index contributed by atoms with van der Waals surface area (Å²) in [6.45, 7) is 2.26. The molecule has 2 aromatic rings. The van der Waals surface area contributed by atoms with Crippen LogP contribution >= 0.6 is 11.8 Å². The highest BCUT2D eigenvalue weighted by atomic mass is 32.2. The Morgan fingerprint density at radius 2 is 1.96 bits per heavy atom. The average molecular weight is 411 g/mol. The smallest absolute Gasteiger partial charge is 0.350 e. The molecule has 2 amide bonds. The Morgan fingerprint density at radius 3 is 2.64 bits per heavy atom. The molecule has 0 saturated carbocycles. The third-order valence-corrected chi connectivity index (χ3v) is 4.70. The van der Waals surface area contributed by atoms with Gasteiger partial charge in [-0.15, -0.1) is 11.8 Å². The normalized spacial score (nSPS) is 11.2. The number of thioether (sulfide) groups is 1. The molecule has 5 nitrogen and oxygen atoms in total. The SMILES string of the molecule is CCSc1ncccc1C(=O)NCCN(C)C(=O)c1cccc(C(F)(F)F)c1. The van der Waals surface area contributed by atoms with Crippen LogP contribution < -0.4 is 5.32 Å². The molecule has 0 saturated heterocycles. The van der Waals surface area contributed by atoms with Crippen molar-refractivity contribution >= 4 is 23.6 Å². The molecular formula is C19H20F3N3O2S. The summed E-state index contributed by atoms with van der Waals surface area (Å²) in [5.41, 5.74) is -0.490. The average Bonchev–Trinajstić information content (AvgIpc) is 2.67. The molecule has 0 aliphatic rings. The first kappa shape index (κ1) is 21.7. The van der Waals surface area contributed by atoms with Gasteiger partial charge in [0.25, 0.3) is 11.8 Å². The first-order chi connectivity index (χ1) is 13.2. The van der Waals surface area contributed by atoms with E-state index in [9.17, 15) is 22.8 Å². The number of carbonyl (C=O) groups is 2. The second kappa shape index (κ2) is 9.59. The Kier molecular flexibility index (Phi) is 7.45. The van der Waals surface area contributed by atoms with Crippen LogP contribution in [0.4, 0.5) is 13.2 Å². The van der Waals surface area contributed by atoms with Crippen LogP contribution in [0.2, 0.25) is 0 Å². The quantitative estimate of drug-likeness (QED) is 0.706. The van der Waals surface area contributed by atoms with E-state index in [0.717, 1.165) is 17.9 Å². The Balaban J connectivity index is 1.95. The molecule has 0 atom stereocenters. The van der Waals surface area contributed by atoms with Crippen molar-refractivity contribution in [3.8, 4) is 0 Å². The number of hydrogen-bond donors (Lipinski definition) is 1. The first-order valence-corrected chi connectivity index (χ1v) is 9.51. The fraction of sp³-hybridized carbons (Fsp3) is 0.316. The molecule has 0 bridgehead atoms. The molecular weight excluding hydrogens is 391 g/mol. The molecule has 9 heteroatoms. The molecule has 1 N–H and O–H groups in total. The molecule has 0 spiro atoms. The van der Waals surface area contributed by atoms with Crippen molar-refractivity contribution in [3.63, 3.8) is 0 Å². The molecule has 0 aliphatic heterocycles. The molecule has 2 rings (SSSR count). The van der Waals surface area contributed by atoms with Crippen molar-refractivity contribution in [3.05, 3.63) is 59.3 Å². The van der Waals surface area contributed by atoms with E-state index in [1.54, 1.807) is 18.3 Å². The molecule has 1 aromatic heterocycles. The minimum atomic E-state index is -4.51. The van der Waals surface area contributed by atoms with Crippen molar-refractivity contribution in [2.24, 2.45) is 0 Å². The number of pyridine rings is 1. The third kappa shape index (κ3) is 5.72. The van der Waals surface area contributed by atoms with Gasteiger partial charge >= 0.3 is 6.18 Å². The van der Waals surface area contributed by atoms with Crippen LogP contribution in [0.5, 0.6) is 0 Å². The highest BCUT2D eigenvalue weighted by Crippen LogP contribution is 2.29. The Hall–Kier alpha value is -2.55. The van der Waals surface area contributed by atoms with Gasteiger partial charge < -0.3 is 10.2 Å². The lowest BCUT2D eigenvalue weighted by molar-refractivity contribution is -0.137. The number of halogens is 3. The molecule has 0 fully saturated rings. The molecule has 0 aliphatic carbocycles. The van der Waals surface area contributed by atoms with E-state index in [1.165, 1.54) is 35.8 Å². The zero-order valence-electron chi connectivity index (χ0n) is 15.4. The van der Waals surface area contributed by atoms with E-state index < -0.39 is 17.6 Å². The first-order valence-electron chi connectivity index (χ1n) is 8.52. The van der Waals surface area contributed by atoms with Crippen LogP contribution in [-0.2, 0) is 6.18 Å². The summed E-state index contributed by atoms with van der Waals surface area (Å²) in [5, 5.41) is 3.33. The monoisotopic (exact) mass is 411 g/mol. The number of amides is 2. The van der Waals surface area contributed by atoms with E-state index in [0.29, 0.717) is 10.6 Å². The number of carbonyl (C=O) groups excluding carboxylic acids is 2. The van der Waals surface area contributed by atoms with Gasteiger partial charge in [-0.05, 0) is 36.1 Å². The van der Waals surface area contributed by atoms with Crippen molar-refractivity contribution in [2.45, 2.75) is 18.1 Å². The standard InChI is InChI=1S/C19H20F3N3O2S/c1-3-28-17-15(8-5-9-24-17)16(26)23-10-11-25(2)18(27)13-6-4-7-14(12-13)19(20,21)22/h4-9,12H,3,10-11H2,1-2H3,(H,23,26). The lowest BCUT2D eigenvalue weighted by Gasteiger charge is -2.18. The fourth-order valence-corrected chi connectivity index (χ4v) is 3.12. The minimum Gasteiger partial charge on any atom is -0.350 e. The van der Waals surface area contributed by atoms with Gasteiger partial charge in [-0.2, -0.15) is 13.2 Å². The Morgan fingerprint density at radius 1 is 1.21 bits per heavy atom. The lowest BCUT2D eigenvalue weighted by Crippen LogP contribution is -2.36. The summed E-state index contributed by atoms with van der Waals surface area (Å²) in [7, 11) is 1.47. The van der Waals surface area contributed by atoms with Crippen molar-refractivity contribution in [1.29, 1.82) is 0 Å². The number of likely N-dealkylation sites (N-methyl/N-ethyl adjacent to an activating group) is 1. The topological polar surface area (TPSA) is 62.3 Å². The van der Waals surface area contributed by atoms with Crippen molar-refractivity contribution in [1.82, 2.24) is 15.2 Å². The highest BCUT2D eigenvalue weighted by Gasteiger charge is 2.31. The van der Waals surface area contributed by atoms with E-state index in [4.69, 9.17) is 0 Å². The van der Waals surface area contributed by atoms with Gasteiger partial charge in [0.1, 0.15) is 5.03 Å². The largest absolute Gasteiger partial charge is 0.416 e. The summed E-state index contributed by atoms with van der Waals surface area (Å²) in [4.78, 5) is 30.1. The maximum absolute atomic E-state index is 12.8. The summed E-state index contributed by atoms with van der Waals surface area (Å²) < 4.78 is 38.4. The summed E-state index contributed by atoms with van der Waals surface area (Å²) in [5.74, 6) is -0.0983. The third-order valence-electron chi connectivity index (χ3n) is 3.81. The minimum absolute atomic E-state index is 0.0578. The zero-order chi connectivity index (χ0) is 20.7. The van der Waals surface area contributed by atoms with Crippen molar-refractivity contribution in [2.75, 3.05) is 25.9 Å². The molecule has 1 heterocycles. The molecule has 0 radical (unpaired) electrons. The van der Waals surface area contributed by atoms with E-state index in [2.05, 4.69) is 10.3 Å². The highest BCUT2D eigenvalue weighted by molar-refractivity contribution is 7.99. The predicted octanol–water partition coefficient (Wildman–Crippen LogP) is 3.71. The van der Waals surface area contributed by atoms with Gasteiger partial charge in [-0.25, -0.2) is 4.98 Å². The summed E-state index contributed by atoms with van der Waals surface area (Å²) >= 11 is 1.45.